The summed E-state index contributed by atoms with van der Waals surface area (Å²) in [5, 5.41) is 0. The third kappa shape index (κ3) is 2.68. The number of carbonyl (C=O) groups is 1. The van der Waals surface area contributed by atoms with Crippen LogP contribution in [0, 0.1) is 5.82 Å². The van der Waals surface area contributed by atoms with Crippen molar-refractivity contribution in [3.05, 3.63) is 53.9 Å². The van der Waals surface area contributed by atoms with Crippen LogP contribution < -0.4 is 0 Å². The molecule has 0 N–H and O–H groups in total. The molecule has 1 saturated heterocycles. The summed E-state index contributed by atoms with van der Waals surface area (Å²) in [5.74, 6) is -0.296. The second kappa shape index (κ2) is 5.68. The second-order valence-electron chi connectivity index (χ2n) is 5.45. The fourth-order valence-electron chi connectivity index (χ4n) is 2.95. The Morgan fingerprint density at radius 2 is 2.24 bits per heavy atom. The number of nitrogens with zero attached hydrogens (tertiary/aromatic N) is 3. The van der Waals surface area contributed by atoms with Crippen LogP contribution in [0.25, 0.3) is 0 Å². The van der Waals surface area contributed by atoms with E-state index in [0.29, 0.717) is 12.2 Å². The van der Waals surface area contributed by atoms with Crippen molar-refractivity contribution < 1.29 is 9.18 Å². The van der Waals surface area contributed by atoms with Gasteiger partial charge in [0.1, 0.15) is 11.5 Å². The number of carbonyl (C=O) groups excluding carboxylic acids is 1. The van der Waals surface area contributed by atoms with Crippen LogP contribution in [-0.2, 0) is 7.05 Å². The van der Waals surface area contributed by atoms with Gasteiger partial charge in [0.25, 0.3) is 5.91 Å². The number of rotatable bonds is 2. The van der Waals surface area contributed by atoms with Crippen molar-refractivity contribution in [3.8, 4) is 0 Å². The predicted octanol–water partition coefficient (Wildman–Crippen LogP) is 2.93. The van der Waals surface area contributed by atoms with Gasteiger partial charge in [-0.3, -0.25) is 4.79 Å². The average molecular weight is 287 g/mol. The maximum absolute atomic E-state index is 13.5. The standard InChI is InChI=1S/C16H18FN3O/c1-19-11-18-10-15(19)16(21)20-8-3-2-7-14(20)12-5-4-6-13(17)9-12/h4-6,9-11,14H,2-3,7-8H2,1H3/t14-/m1/s1. The Labute approximate surface area is 123 Å². The van der Waals surface area contributed by atoms with Gasteiger partial charge in [-0.1, -0.05) is 12.1 Å². The zero-order valence-electron chi connectivity index (χ0n) is 12.0. The molecule has 0 spiro atoms. The van der Waals surface area contributed by atoms with E-state index in [1.165, 1.54) is 12.1 Å². The molecule has 1 aliphatic heterocycles. The zero-order valence-corrected chi connectivity index (χ0v) is 12.0. The van der Waals surface area contributed by atoms with Gasteiger partial charge in [0, 0.05) is 13.6 Å². The maximum Gasteiger partial charge on any atom is 0.272 e. The molecule has 1 atom stereocenters. The Kier molecular flexibility index (Phi) is 3.73. The van der Waals surface area contributed by atoms with Crippen molar-refractivity contribution in [2.45, 2.75) is 25.3 Å². The van der Waals surface area contributed by atoms with E-state index in [0.717, 1.165) is 24.8 Å². The van der Waals surface area contributed by atoms with Crippen LogP contribution in [0.2, 0.25) is 0 Å². The monoisotopic (exact) mass is 287 g/mol. The minimum absolute atomic E-state index is 0.0380. The first-order chi connectivity index (χ1) is 10.2. The van der Waals surface area contributed by atoms with E-state index >= 15 is 0 Å². The van der Waals surface area contributed by atoms with E-state index in [1.54, 1.807) is 30.2 Å². The van der Waals surface area contributed by atoms with Crippen molar-refractivity contribution in [1.29, 1.82) is 0 Å². The predicted molar refractivity (Wildman–Crippen MR) is 77.2 cm³/mol. The lowest BCUT2D eigenvalue weighted by Crippen LogP contribution is -2.39. The average Bonchev–Trinajstić information content (AvgIpc) is 2.93. The maximum atomic E-state index is 13.5. The summed E-state index contributed by atoms with van der Waals surface area (Å²) in [6, 6.07) is 6.49. The highest BCUT2D eigenvalue weighted by atomic mass is 19.1. The van der Waals surface area contributed by atoms with Crippen molar-refractivity contribution in [2.24, 2.45) is 7.05 Å². The number of benzene rings is 1. The van der Waals surface area contributed by atoms with E-state index in [-0.39, 0.29) is 17.8 Å². The Morgan fingerprint density at radius 3 is 2.95 bits per heavy atom. The van der Waals surface area contributed by atoms with Gasteiger partial charge < -0.3 is 9.47 Å². The molecule has 1 aromatic heterocycles. The molecule has 0 aliphatic carbocycles. The molecule has 0 unspecified atom stereocenters. The highest BCUT2D eigenvalue weighted by Crippen LogP contribution is 2.32. The molecule has 21 heavy (non-hydrogen) atoms. The first kappa shape index (κ1) is 13.8. The lowest BCUT2D eigenvalue weighted by molar-refractivity contribution is 0.0601. The van der Waals surface area contributed by atoms with E-state index in [9.17, 15) is 9.18 Å². The lowest BCUT2D eigenvalue weighted by Gasteiger charge is -2.36. The lowest BCUT2D eigenvalue weighted by atomic mass is 9.95. The van der Waals surface area contributed by atoms with Gasteiger partial charge in [-0.2, -0.15) is 0 Å². The van der Waals surface area contributed by atoms with E-state index in [2.05, 4.69) is 4.98 Å². The first-order valence-electron chi connectivity index (χ1n) is 7.19. The highest BCUT2D eigenvalue weighted by molar-refractivity contribution is 5.92. The molecule has 2 heterocycles. The molecule has 2 aromatic rings. The molecular formula is C16H18FN3O. The molecule has 1 aliphatic rings. The summed E-state index contributed by atoms with van der Waals surface area (Å²) in [7, 11) is 1.81. The molecule has 5 heteroatoms. The van der Waals surface area contributed by atoms with E-state index < -0.39 is 0 Å². The number of aromatic nitrogens is 2. The molecule has 0 saturated carbocycles. The Morgan fingerprint density at radius 1 is 1.38 bits per heavy atom. The van der Waals surface area contributed by atoms with Gasteiger partial charge in [-0.15, -0.1) is 0 Å². The van der Waals surface area contributed by atoms with Crippen LogP contribution >= 0.6 is 0 Å². The number of aryl methyl sites for hydroxylation is 1. The smallest absolute Gasteiger partial charge is 0.272 e. The van der Waals surface area contributed by atoms with Crippen LogP contribution in [0.15, 0.2) is 36.8 Å². The van der Waals surface area contributed by atoms with Crippen molar-refractivity contribution >= 4 is 5.91 Å². The zero-order chi connectivity index (χ0) is 14.8. The van der Waals surface area contributed by atoms with Crippen molar-refractivity contribution in [1.82, 2.24) is 14.5 Å². The number of hydrogen-bond acceptors (Lipinski definition) is 2. The molecule has 0 bridgehead atoms. The van der Waals surface area contributed by atoms with Crippen molar-refractivity contribution in [3.63, 3.8) is 0 Å². The first-order valence-corrected chi connectivity index (χ1v) is 7.19. The fraction of sp³-hybridized carbons (Fsp3) is 0.375. The molecule has 1 fully saturated rings. The molecule has 0 radical (unpaired) electrons. The van der Waals surface area contributed by atoms with Gasteiger partial charge in [0.15, 0.2) is 0 Å². The summed E-state index contributed by atoms with van der Waals surface area (Å²) in [4.78, 5) is 18.6. The summed E-state index contributed by atoms with van der Waals surface area (Å²) >= 11 is 0. The minimum Gasteiger partial charge on any atom is -0.330 e. The normalized spacial score (nSPS) is 18.8. The Bertz CT molecular complexity index is 652. The van der Waals surface area contributed by atoms with E-state index in [4.69, 9.17) is 0 Å². The third-order valence-electron chi connectivity index (χ3n) is 4.03. The number of piperidine rings is 1. The molecule has 1 aromatic carbocycles. The summed E-state index contributed by atoms with van der Waals surface area (Å²) < 4.78 is 15.2. The molecule has 1 amide bonds. The summed E-state index contributed by atoms with van der Waals surface area (Å²) in [6.45, 7) is 0.700. The van der Waals surface area contributed by atoms with Crippen LogP contribution in [0.4, 0.5) is 4.39 Å². The fourth-order valence-corrected chi connectivity index (χ4v) is 2.95. The number of hydrogen-bond donors (Lipinski definition) is 0. The number of likely N-dealkylation sites (tertiary alicyclic amines) is 1. The SMILES string of the molecule is Cn1cncc1C(=O)N1CCCC[C@@H]1c1cccc(F)c1. The Balaban J connectivity index is 1.92. The second-order valence-corrected chi connectivity index (χ2v) is 5.45. The van der Waals surface area contributed by atoms with Gasteiger partial charge in [-0.25, -0.2) is 9.37 Å². The van der Waals surface area contributed by atoms with Crippen LogP contribution in [0.1, 0.15) is 41.4 Å². The molecule has 110 valence electrons. The third-order valence-corrected chi connectivity index (χ3v) is 4.03. The number of imidazole rings is 1. The summed E-state index contributed by atoms with van der Waals surface area (Å²) in [5.41, 5.74) is 1.43. The van der Waals surface area contributed by atoms with Gasteiger partial charge >= 0.3 is 0 Å². The molecular weight excluding hydrogens is 269 g/mol. The van der Waals surface area contributed by atoms with Gasteiger partial charge in [-0.05, 0) is 37.0 Å². The van der Waals surface area contributed by atoms with Crippen molar-refractivity contribution in [2.75, 3.05) is 6.54 Å². The molecule has 3 rings (SSSR count). The van der Waals surface area contributed by atoms with Gasteiger partial charge in [0.2, 0.25) is 0 Å². The topological polar surface area (TPSA) is 38.1 Å². The number of amides is 1. The highest BCUT2D eigenvalue weighted by Gasteiger charge is 2.30. The number of halogens is 1. The minimum atomic E-state index is -0.258. The van der Waals surface area contributed by atoms with E-state index in [1.807, 2.05) is 11.0 Å². The van der Waals surface area contributed by atoms with Crippen LogP contribution in [0.3, 0.4) is 0 Å². The van der Waals surface area contributed by atoms with Gasteiger partial charge in [0.05, 0.1) is 18.6 Å². The Hall–Kier alpha value is -2.17. The quantitative estimate of drug-likeness (QED) is 0.851. The van der Waals surface area contributed by atoms with Crippen LogP contribution in [0.5, 0.6) is 0 Å². The summed E-state index contributed by atoms with van der Waals surface area (Å²) in [6.07, 6.45) is 6.10. The van der Waals surface area contributed by atoms with Crippen LogP contribution in [-0.4, -0.2) is 26.9 Å². The molecule has 4 nitrogen and oxygen atoms in total. The largest absolute Gasteiger partial charge is 0.330 e.